The van der Waals surface area contributed by atoms with Crippen LogP contribution in [0.5, 0.6) is 0 Å². The zero-order valence-electron chi connectivity index (χ0n) is 11.0. The molecule has 0 aromatic heterocycles. The van der Waals surface area contributed by atoms with E-state index in [9.17, 15) is 0 Å². The molecule has 0 bridgehead atoms. The Kier molecular flexibility index (Phi) is 9.76. The summed E-state index contributed by atoms with van der Waals surface area (Å²) < 4.78 is 0. The molecule has 0 unspecified atom stereocenters. The second-order valence-electron chi connectivity index (χ2n) is 4.46. The molecule has 0 radical (unpaired) electrons. The van der Waals surface area contributed by atoms with Gasteiger partial charge in [-0.3, -0.25) is 0 Å². The lowest BCUT2D eigenvalue weighted by atomic mass is 10.1. The zero-order valence-corrected chi connectivity index (χ0v) is 11.0. The number of hydrogen-bond donors (Lipinski definition) is 0. The normalized spacial score (nSPS) is 10.3. The second-order valence-corrected chi connectivity index (χ2v) is 4.46. The molecule has 0 rings (SSSR count). The maximum absolute atomic E-state index is 4.04. The highest BCUT2D eigenvalue weighted by Crippen LogP contribution is 2.09. The highest BCUT2D eigenvalue weighted by atomic mass is 15.1. The third-order valence-electron chi connectivity index (χ3n) is 3.05. The van der Waals surface area contributed by atoms with E-state index < -0.39 is 0 Å². The van der Waals surface area contributed by atoms with Gasteiger partial charge in [0.05, 0.1) is 0 Å². The number of unbranched alkanes of at least 4 members (excludes halogenated alkanes) is 6. The molecular weight excluding hydrogens is 182 g/mol. The van der Waals surface area contributed by atoms with Crippen molar-refractivity contribution in [3.63, 3.8) is 0 Å². The predicted octanol–water partition coefficient (Wildman–Crippen LogP) is 4.59. The van der Waals surface area contributed by atoms with Gasteiger partial charge in [0.1, 0.15) is 0 Å². The first-order chi connectivity index (χ1) is 7.22. The van der Waals surface area contributed by atoms with Crippen LogP contribution in [0.2, 0.25) is 0 Å². The standard InChI is InChI=1S/C14H29N/c1-5-7-8-9-10-11-12-13-15(4)14(3)6-2/h3,5-13H2,1-2,4H3. The lowest BCUT2D eigenvalue weighted by Gasteiger charge is -2.20. The first-order valence-electron chi connectivity index (χ1n) is 6.61. The highest BCUT2D eigenvalue weighted by Gasteiger charge is 1.98. The summed E-state index contributed by atoms with van der Waals surface area (Å²) in [4.78, 5) is 2.30. The Morgan fingerprint density at radius 2 is 1.47 bits per heavy atom. The third-order valence-corrected chi connectivity index (χ3v) is 3.05. The Balaban J connectivity index is 3.20. The molecular formula is C14H29N. The van der Waals surface area contributed by atoms with Gasteiger partial charge in [-0.15, -0.1) is 0 Å². The van der Waals surface area contributed by atoms with Gasteiger partial charge in [0, 0.05) is 19.3 Å². The molecule has 0 aromatic rings. The number of hydrogen-bond acceptors (Lipinski definition) is 1. The van der Waals surface area contributed by atoms with E-state index in [0.29, 0.717) is 0 Å². The van der Waals surface area contributed by atoms with Gasteiger partial charge in [0.2, 0.25) is 0 Å². The van der Waals surface area contributed by atoms with E-state index in [1.165, 1.54) is 57.2 Å². The Bertz CT molecular complexity index is 151. The zero-order chi connectivity index (χ0) is 11.5. The van der Waals surface area contributed by atoms with Crippen molar-refractivity contribution in [2.24, 2.45) is 0 Å². The van der Waals surface area contributed by atoms with Crippen molar-refractivity contribution in [2.75, 3.05) is 13.6 Å². The minimum Gasteiger partial charge on any atom is -0.378 e. The minimum absolute atomic E-state index is 1.08. The maximum atomic E-state index is 4.04. The monoisotopic (exact) mass is 211 g/mol. The molecule has 0 amide bonds. The fraction of sp³-hybridized carbons (Fsp3) is 0.857. The van der Waals surface area contributed by atoms with Crippen molar-refractivity contribution >= 4 is 0 Å². The largest absolute Gasteiger partial charge is 0.378 e. The second kappa shape index (κ2) is 10.1. The molecule has 0 aliphatic rings. The molecule has 1 heteroatoms. The molecule has 0 aliphatic heterocycles. The quantitative estimate of drug-likeness (QED) is 0.478. The molecule has 0 saturated carbocycles. The summed E-state index contributed by atoms with van der Waals surface area (Å²) >= 11 is 0. The van der Waals surface area contributed by atoms with Gasteiger partial charge >= 0.3 is 0 Å². The molecule has 0 spiro atoms. The van der Waals surface area contributed by atoms with E-state index in [4.69, 9.17) is 0 Å². The van der Waals surface area contributed by atoms with Crippen molar-refractivity contribution in [3.05, 3.63) is 12.3 Å². The van der Waals surface area contributed by atoms with Crippen LogP contribution in [0.4, 0.5) is 0 Å². The Morgan fingerprint density at radius 3 is 2.00 bits per heavy atom. The minimum atomic E-state index is 1.08. The SMILES string of the molecule is C=C(CC)N(C)CCCCCCCCC. The molecule has 0 fully saturated rings. The van der Waals surface area contributed by atoms with Gasteiger partial charge in [-0.05, 0) is 12.8 Å². The van der Waals surface area contributed by atoms with Crippen LogP contribution in [0.3, 0.4) is 0 Å². The van der Waals surface area contributed by atoms with E-state index in [0.717, 1.165) is 6.42 Å². The summed E-state index contributed by atoms with van der Waals surface area (Å²) in [5.74, 6) is 0. The maximum Gasteiger partial charge on any atom is 0.0171 e. The van der Waals surface area contributed by atoms with Crippen LogP contribution in [0.1, 0.15) is 65.2 Å². The summed E-state index contributed by atoms with van der Waals surface area (Å²) in [7, 11) is 2.16. The van der Waals surface area contributed by atoms with Crippen LogP contribution in [-0.2, 0) is 0 Å². The molecule has 0 aliphatic carbocycles. The van der Waals surface area contributed by atoms with Gasteiger partial charge in [-0.1, -0.05) is 59.0 Å². The number of nitrogens with zero attached hydrogens (tertiary/aromatic N) is 1. The fourth-order valence-corrected chi connectivity index (χ4v) is 1.73. The van der Waals surface area contributed by atoms with Gasteiger partial charge in [0.15, 0.2) is 0 Å². The Labute approximate surface area is 96.6 Å². The molecule has 90 valence electrons. The van der Waals surface area contributed by atoms with E-state index in [2.05, 4.69) is 32.4 Å². The summed E-state index contributed by atoms with van der Waals surface area (Å²) in [6.45, 7) is 9.66. The van der Waals surface area contributed by atoms with E-state index in [1.807, 2.05) is 0 Å². The van der Waals surface area contributed by atoms with Gasteiger partial charge < -0.3 is 4.90 Å². The summed E-state index contributed by atoms with van der Waals surface area (Å²) in [5.41, 5.74) is 1.26. The summed E-state index contributed by atoms with van der Waals surface area (Å²) in [5, 5.41) is 0. The lowest BCUT2D eigenvalue weighted by molar-refractivity contribution is 0.388. The predicted molar refractivity (Wildman–Crippen MR) is 70.1 cm³/mol. The molecule has 1 nitrogen and oxygen atoms in total. The van der Waals surface area contributed by atoms with Crippen molar-refractivity contribution in [3.8, 4) is 0 Å². The van der Waals surface area contributed by atoms with Crippen LogP contribution in [0, 0.1) is 0 Å². The smallest absolute Gasteiger partial charge is 0.0171 e. The topological polar surface area (TPSA) is 3.24 Å². The van der Waals surface area contributed by atoms with Gasteiger partial charge in [-0.25, -0.2) is 0 Å². The van der Waals surface area contributed by atoms with E-state index in [-0.39, 0.29) is 0 Å². The summed E-state index contributed by atoms with van der Waals surface area (Å²) in [6.07, 6.45) is 10.8. The molecule has 0 saturated heterocycles. The fourth-order valence-electron chi connectivity index (χ4n) is 1.73. The molecule has 0 aromatic carbocycles. The van der Waals surface area contributed by atoms with Gasteiger partial charge in [0.25, 0.3) is 0 Å². The Hall–Kier alpha value is -0.460. The van der Waals surface area contributed by atoms with Crippen molar-refractivity contribution < 1.29 is 0 Å². The van der Waals surface area contributed by atoms with Crippen LogP contribution >= 0.6 is 0 Å². The van der Waals surface area contributed by atoms with E-state index in [1.54, 1.807) is 0 Å². The van der Waals surface area contributed by atoms with Crippen LogP contribution in [-0.4, -0.2) is 18.5 Å². The first kappa shape index (κ1) is 14.5. The Morgan fingerprint density at radius 1 is 0.933 bits per heavy atom. The molecule has 0 N–H and O–H groups in total. The van der Waals surface area contributed by atoms with E-state index >= 15 is 0 Å². The average Bonchev–Trinajstić information content (AvgIpc) is 2.26. The van der Waals surface area contributed by atoms with Crippen LogP contribution in [0.25, 0.3) is 0 Å². The number of rotatable bonds is 10. The first-order valence-corrected chi connectivity index (χ1v) is 6.61. The van der Waals surface area contributed by atoms with Crippen molar-refractivity contribution in [1.82, 2.24) is 4.90 Å². The van der Waals surface area contributed by atoms with Gasteiger partial charge in [-0.2, -0.15) is 0 Å². The highest BCUT2D eigenvalue weighted by molar-refractivity contribution is 4.90. The lowest BCUT2D eigenvalue weighted by Crippen LogP contribution is -2.17. The number of allylic oxidation sites excluding steroid dienone is 1. The molecule has 0 atom stereocenters. The third kappa shape index (κ3) is 8.53. The van der Waals surface area contributed by atoms with Crippen LogP contribution < -0.4 is 0 Å². The van der Waals surface area contributed by atoms with Crippen molar-refractivity contribution in [2.45, 2.75) is 65.2 Å². The molecule has 15 heavy (non-hydrogen) atoms. The summed E-state index contributed by atoms with van der Waals surface area (Å²) in [6, 6.07) is 0. The van der Waals surface area contributed by atoms with Crippen LogP contribution in [0.15, 0.2) is 12.3 Å². The average molecular weight is 211 g/mol. The molecule has 0 heterocycles. The van der Waals surface area contributed by atoms with Crippen molar-refractivity contribution in [1.29, 1.82) is 0 Å².